The third-order valence-corrected chi connectivity index (χ3v) is 5.50. The largest absolute Gasteiger partial charge is 0.362 e. The number of hydrogen-bond donors (Lipinski definition) is 1. The van der Waals surface area contributed by atoms with Gasteiger partial charge in [-0.25, -0.2) is 0 Å². The lowest BCUT2D eigenvalue weighted by molar-refractivity contribution is 0.263. The molecule has 1 saturated heterocycles. The highest BCUT2D eigenvalue weighted by molar-refractivity contribution is 8.13. The molecule has 0 bridgehead atoms. The molecule has 2 nitrogen and oxygen atoms in total. The minimum absolute atomic E-state index is 0.633. The number of aliphatic imine (C=N–C) groups is 1. The van der Waals surface area contributed by atoms with Crippen molar-refractivity contribution in [3.8, 4) is 0 Å². The molecule has 18 heavy (non-hydrogen) atoms. The van der Waals surface area contributed by atoms with E-state index in [1.807, 2.05) is 11.8 Å². The number of nitrogens with zero attached hydrogens (tertiary/aromatic N) is 1. The summed E-state index contributed by atoms with van der Waals surface area (Å²) < 4.78 is 0. The van der Waals surface area contributed by atoms with E-state index in [2.05, 4.69) is 26.1 Å². The predicted octanol–water partition coefficient (Wildman–Crippen LogP) is 3.92. The molecule has 3 unspecified atom stereocenters. The van der Waals surface area contributed by atoms with E-state index >= 15 is 0 Å². The fourth-order valence-corrected chi connectivity index (χ4v) is 3.98. The van der Waals surface area contributed by atoms with Gasteiger partial charge >= 0.3 is 0 Å². The maximum absolute atomic E-state index is 4.86. The Labute approximate surface area is 116 Å². The first-order valence-electron chi connectivity index (χ1n) is 7.60. The molecule has 3 atom stereocenters. The standard InChI is InChI=1S/C15H28N2S/c1-11(2)14-8-9-18-15(17-14)16-10-13-7-5-4-6-12(13)3/h11-14H,4-10H2,1-3H3,(H,16,17). The van der Waals surface area contributed by atoms with Gasteiger partial charge in [0, 0.05) is 18.3 Å². The highest BCUT2D eigenvalue weighted by atomic mass is 32.2. The van der Waals surface area contributed by atoms with Gasteiger partial charge < -0.3 is 5.32 Å². The van der Waals surface area contributed by atoms with E-state index in [4.69, 9.17) is 4.99 Å². The minimum atomic E-state index is 0.633. The van der Waals surface area contributed by atoms with Crippen molar-refractivity contribution in [2.24, 2.45) is 22.7 Å². The molecule has 0 radical (unpaired) electrons. The highest BCUT2D eigenvalue weighted by Crippen LogP contribution is 2.30. The van der Waals surface area contributed by atoms with Gasteiger partial charge in [-0.2, -0.15) is 0 Å². The number of hydrogen-bond acceptors (Lipinski definition) is 2. The molecule has 1 aliphatic heterocycles. The molecule has 2 rings (SSSR count). The van der Waals surface area contributed by atoms with Crippen molar-refractivity contribution in [1.29, 1.82) is 0 Å². The lowest BCUT2D eigenvalue weighted by Gasteiger charge is -2.30. The van der Waals surface area contributed by atoms with E-state index in [-0.39, 0.29) is 0 Å². The zero-order chi connectivity index (χ0) is 13.0. The van der Waals surface area contributed by atoms with Crippen LogP contribution < -0.4 is 5.32 Å². The maximum atomic E-state index is 4.86. The van der Waals surface area contributed by atoms with Crippen molar-refractivity contribution in [2.45, 2.75) is 58.9 Å². The average Bonchev–Trinajstić information content (AvgIpc) is 2.38. The van der Waals surface area contributed by atoms with E-state index in [0.29, 0.717) is 12.0 Å². The maximum Gasteiger partial charge on any atom is 0.156 e. The fraction of sp³-hybridized carbons (Fsp3) is 0.933. The van der Waals surface area contributed by atoms with Crippen molar-refractivity contribution in [1.82, 2.24) is 5.32 Å². The van der Waals surface area contributed by atoms with Crippen LogP contribution >= 0.6 is 11.8 Å². The van der Waals surface area contributed by atoms with E-state index in [9.17, 15) is 0 Å². The molecule has 0 spiro atoms. The summed E-state index contributed by atoms with van der Waals surface area (Å²) in [6, 6.07) is 0.633. The topological polar surface area (TPSA) is 24.4 Å². The van der Waals surface area contributed by atoms with E-state index in [1.165, 1.54) is 43.0 Å². The minimum Gasteiger partial charge on any atom is -0.362 e. The molecule has 2 fully saturated rings. The Balaban J connectivity index is 1.84. The number of rotatable bonds is 3. The van der Waals surface area contributed by atoms with Crippen LogP contribution in [0, 0.1) is 17.8 Å². The Morgan fingerprint density at radius 3 is 2.78 bits per heavy atom. The summed E-state index contributed by atoms with van der Waals surface area (Å²) in [6.07, 6.45) is 6.91. The van der Waals surface area contributed by atoms with Gasteiger partial charge in [-0.15, -0.1) is 0 Å². The molecule has 1 heterocycles. The van der Waals surface area contributed by atoms with Crippen LogP contribution in [0.1, 0.15) is 52.9 Å². The van der Waals surface area contributed by atoms with Crippen LogP contribution in [0.5, 0.6) is 0 Å². The zero-order valence-electron chi connectivity index (χ0n) is 12.1. The van der Waals surface area contributed by atoms with Gasteiger partial charge in [-0.3, -0.25) is 4.99 Å². The normalized spacial score (nSPS) is 35.8. The summed E-state index contributed by atoms with van der Waals surface area (Å²) >= 11 is 1.91. The van der Waals surface area contributed by atoms with E-state index in [0.717, 1.165) is 18.4 Å². The molecule has 1 N–H and O–H groups in total. The summed E-state index contributed by atoms with van der Waals surface area (Å²) in [5, 5.41) is 4.83. The predicted molar refractivity (Wildman–Crippen MR) is 82.3 cm³/mol. The van der Waals surface area contributed by atoms with Gasteiger partial charge in [0.2, 0.25) is 0 Å². The van der Waals surface area contributed by atoms with Crippen molar-refractivity contribution >= 4 is 16.9 Å². The summed E-state index contributed by atoms with van der Waals surface area (Å²) in [4.78, 5) is 4.86. The first-order chi connectivity index (χ1) is 8.66. The summed E-state index contributed by atoms with van der Waals surface area (Å²) in [6.45, 7) is 8.05. The van der Waals surface area contributed by atoms with Gasteiger partial charge in [0.25, 0.3) is 0 Å². The van der Waals surface area contributed by atoms with Gasteiger partial charge in [-0.05, 0) is 30.6 Å². The van der Waals surface area contributed by atoms with Crippen molar-refractivity contribution in [3.05, 3.63) is 0 Å². The SMILES string of the molecule is CC(C)C1CCSC(=NCC2CCCCC2C)N1. The second kappa shape index (κ2) is 6.83. The molecular weight excluding hydrogens is 240 g/mol. The van der Waals surface area contributed by atoms with Crippen molar-refractivity contribution < 1.29 is 0 Å². The van der Waals surface area contributed by atoms with Gasteiger partial charge in [0.1, 0.15) is 0 Å². The Kier molecular flexibility index (Phi) is 5.40. The Morgan fingerprint density at radius 1 is 1.28 bits per heavy atom. The first kappa shape index (κ1) is 14.2. The lowest BCUT2D eigenvalue weighted by Crippen LogP contribution is -2.41. The Morgan fingerprint density at radius 2 is 2.06 bits per heavy atom. The Hall–Kier alpha value is -0.180. The quantitative estimate of drug-likeness (QED) is 0.839. The zero-order valence-corrected chi connectivity index (χ0v) is 12.9. The summed E-state index contributed by atoms with van der Waals surface area (Å²) in [5.74, 6) is 3.64. The third kappa shape index (κ3) is 3.91. The van der Waals surface area contributed by atoms with Crippen molar-refractivity contribution in [2.75, 3.05) is 12.3 Å². The molecular formula is C15H28N2S. The molecule has 3 heteroatoms. The lowest BCUT2D eigenvalue weighted by atomic mass is 9.80. The molecule has 0 aromatic heterocycles. The second-order valence-electron chi connectivity index (χ2n) is 6.30. The van der Waals surface area contributed by atoms with Gasteiger partial charge in [-0.1, -0.05) is 51.8 Å². The average molecular weight is 268 g/mol. The molecule has 0 aromatic rings. The van der Waals surface area contributed by atoms with Crippen molar-refractivity contribution in [3.63, 3.8) is 0 Å². The molecule has 104 valence electrons. The molecule has 1 aliphatic carbocycles. The van der Waals surface area contributed by atoms with Crippen LogP contribution in [-0.2, 0) is 0 Å². The Bertz CT molecular complexity index is 288. The number of nitrogens with one attached hydrogen (secondary N) is 1. The monoisotopic (exact) mass is 268 g/mol. The third-order valence-electron chi connectivity index (χ3n) is 4.54. The molecule has 0 aromatic carbocycles. The van der Waals surface area contributed by atoms with Crippen LogP contribution in [0.4, 0.5) is 0 Å². The number of thioether (sulfide) groups is 1. The summed E-state index contributed by atoms with van der Waals surface area (Å²) in [5.41, 5.74) is 0. The van der Waals surface area contributed by atoms with E-state index < -0.39 is 0 Å². The number of amidine groups is 1. The molecule has 1 saturated carbocycles. The summed E-state index contributed by atoms with van der Waals surface area (Å²) in [7, 11) is 0. The molecule has 2 aliphatic rings. The van der Waals surface area contributed by atoms with Crippen LogP contribution in [0.25, 0.3) is 0 Å². The van der Waals surface area contributed by atoms with Crippen LogP contribution in [0.2, 0.25) is 0 Å². The second-order valence-corrected chi connectivity index (χ2v) is 7.38. The van der Waals surface area contributed by atoms with Gasteiger partial charge in [0.15, 0.2) is 5.17 Å². The smallest absolute Gasteiger partial charge is 0.156 e. The first-order valence-corrected chi connectivity index (χ1v) is 8.59. The highest BCUT2D eigenvalue weighted by Gasteiger charge is 2.23. The van der Waals surface area contributed by atoms with Crippen LogP contribution in [0.15, 0.2) is 4.99 Å². The van der Waals surface area contributed by atoms with Gasteiger partial charge in [0.05, 0.1) is 0 Å². The molecule has 0 amide bonds. The fourth-order valence-electron chi connectivity index (χ4n) is 3.01. The van der Waals surface area contributed by atoms with Crippen LogP contribution in [-0.4, -0.2) is 23.5 Å². The van der Waals surface area contributed by atoms with E-state index in [1.54, 1.807) is 0 Å². The van der Waals surface area contributed by atoms with Crippen LogP contribution in [0.3, 0.4) is 0 Å².